The summed E-state index contributed by atoms with van der Waals surface area (Å²) in [6.07, 6.45) is 1.13. The van der Waals surface area contributed by atoms with Gasteiger partial charge in [-0.25, -0.2) is 4.98 Å². The molecular weight excluding hydrogens is 442 g/mol. The maximum Gasteiger partial charge on any atom is 0.357 e. The number of carbonyl (C=O) groups excluding carboxylic acids is 2. The highest BCUT2D eigenvalue weighted by Gasteiger charge is 2.33. The molecule has 3 N–H and O–H groups in total. The third kappa shape index (κ3) is 7.30. The molecule has 0 bridgehead atoms. The highest BCUT2D eigenvalue weighted by atomic mass is 32.2. The first-order valence-electron chi connectivity index (χ1n) is 9.70. The monoisotopic (exact) mass is 469 g/mol. The van der Waals surface area contributed by atoms with E-state index < -0.39 is 34.1 Å². The average molecular weight is 470 g/mol. The summed E-state index contributed by atoms with van der Waals surface area (Å²) in [6, 6.07) is 5.89. The fourth-order valence-corrected chi connectivity index (χ4v) is 4.40. The molecule has 1 amide bonds. The molecule has 0 spiro atoms. The first-order chi connectivity index (χ1) is 14.5. The predicted octanol–water partition coefficient (Wildman–Crippen LogP) is 2.77. The Morgan fingerprint density at radius 2 is 1.87 bits per heavy atom. The number of carbonyl (C=O) groups is 2. The molecule has 2 atom stereocenters. The number of amides is 1. The normalized spacial score (nSPS) is 13.5. The predicted molar refractivity (Wildman–Crippen MR) is 118 cm³/mol. The number of nitrogens with one attached hydrogen (secondary N) is 2. The lowest BCUT2D eigenvalue weighted by Crippen LogP contribution is -2.41. The minimum Gasteiger partial charge on any atom is -0.468 e. The van der Waals surface area contributed by atoms with Gasteiger partial charge >= 0.3 is 16.3 Å². The van der Waals surface area contributed by atoms with Crippen molar-refractivity contribution in [3.63, 3.8) is 0 Å². The minimum atomic E-state index is -4.36. The second-order valence-electron chi connectivity index (χ2n) is 7.31. The molecule has 9 nitrogen and oxygen atoms in total. The maximum absolute atomic E-state index is 12.9. The number of aryl methyl sites for hydroxylation is 1. The van der Waals surface area contributed by atoms with Crippen LogP contribution in [-0.2, 0) is 37.5 Å². The molecule has 0 aliphatic rings. The van der Waals surface area contributed by atoms with E-state index in [1.54, 1.807) is 26.0 Å². The summed E-state index contributed by atoms with van der Waals surface area (Å²) in [5, 5.41) is 5.56. The lowest BCUT2D eigenvalue weighted by atomic mass is 9.94. The topological polar surface area (TPSA) is 135 Å². The van der Waals surface area contributed by atoms with Crippen molar-refractivity contribution in [3.8, 4) is 0 Å². The van der Waals surface area contributed by atoms with Crippen LogP contribution in [0.5, 0.6) is 0 Å². The zero-order valence-corrected chi connectivity index (χ0v) is 19.4. The number of anilines is 1. The Morgan fingerprint density at radius 1 is 1.23 bits per heavy atom. The van der Waals surface area contributed by atoms with Gasteiger partial charge < -0.3 is 10.1 Å². The third-order valence-corrected chi connectivity index (χ3v) is 6.09. The fourth-order valence-electron chi connectivity index (χ4n) is 3.01. The molecule has 1 aromatic heterocycles. The molecule has 0 aliphatic heterocycles. The number of hydrogen-bond acceptors (Lipinski definition) is 7. The number of thiazole rings is 1. The van der Waals surface area contributed by atoms with Crippen LogP contribution in [0.25, 0.3) is 0 Å². The summed E-state index contributed by atoms with van der Waals surface area (Å²) in [7, 11) is -3.11. The summed E-state index contributed by atoms with van der Waals surface area (Å²) in [6.45, 7) is 5.53. The summed E-state index contributed by atoms with van der Waals surface area (Å²) in [5.41, 5.74) is 1.92. The van der Waals surface area contributed by atoms with Crippen LogP contribution >= 0.6 is 11.3 Å². The zero-order valence-electron chi connectivity index (χ0n) is 17.8. The molecule has 170 valence electrons. The van der Waals surface area contributed by atoms with Crippen LogP contribution < -0.4 is 10.0 Å². The molecular formula is C20H27N3O6S2. The standard InChI is InChI=1S/C20H27N3O6S2/c1-5-14-11-30-19(21-14)16(22-18(24)17(12(2)3)20(25)29-4)10-13-6-8-15(9-7-13)23-31(26,27)28/h6-9,11-12,16-17,23H,5,10H2,1-4H3,(H,22,24)(H,26,27,28)/t16-,17?/m0/s1. The summed E-state index contributed by atoms with van der Waals surface area (Å²) in [5.74, 6) is -2.23. The van der Waals surface area contributed by atoms with Crippen molar-refractivity contribution >= 4 is 39.2 Å². The highest BCUT2D eigenvalue weighted by Crippen LogP contribution is 2.25. The number of methoxy groups -OCH3 is 1. The Bertz CT molecular complexity index is 1000. The lowest BCUT2D eigenvalue weighted by Gasteiger charge is -2.22. The number of nitrogens with zero attached hydrogens (tertiary/aromatic N) is 1. The van der Waals surface area contributed by atoms with Crippen molar-refractivity contribution in [2.24, 2.45) is 11.8 Å². The van der Waals surface area contributed by atoms with Gasteiger partial charge in [0.15, 0.2) is 0 Å². The largest absolute Gasteiger partial charge is 0.468 e. The van der Waals surface area contributed by atoms with E-state index in [2.05, 4.69) is 10.3 Å². The Hall–Kier alpha value is -2.50. The van der Waals surface area contributed by atoms with Gasteiger partial charge in [-0.1, -0.05) is 32.9 Å². The van der Waals surface area contributed by atoms with Gasteiger partial charge in [0, 0.05) is 5.38 Å². The van der Waals surface area contributed by atoms with Gasteiger partial charge in [-0.3, -0.25) is 18.9 Å². The van der Waals surface area contributed by atoms with Crippen LogP contribution in [0.1, 0.15) is 43.1 Å². The second-order valence-corrected chi connectivity index (χ2v) is 9.36. The molecule has 1 unspecified atom stereocenters. The van der Waals surface area contributed by atoms with E-state index in [1.807, 2.05) is 17.0 Å². The van der Waals surface area contributed by atoms with Crippen LogP contribution in [-0.4, -0.2) is 36.9 Å². The molecule has 0 fully saturated rings. The Kier molecular flexibility index (Phi) is 8.54. The molecule has 1 heterocycles. The van der Waals surface area contributed by atoms with Crippen molar-refractivity contribution < 1.29 is 27.3 Å². The third-order valence-electron chi connectivity index (χ3n) is 4.59. The van der Waals surface area contributed by atoms with Gasteiger partial charge in [0.25, 0.3) is 0 Å². The molecule has 1 aromatic carbocycles. The summed E-state index contributed by atoms with van der Waals surface area (Å²) in [4.78, 5) is 29.6. The number of hydrogen-bond donors (Lipinski definition) is 3. The molecule has 0 saturated heterocycles. The van der Waals surface area contributed by atoms with Crippen LogP contribution in [0.2, 0.25) is 0 Å². The summed E-state index contributed by atoms with van der Waals surface area (Å²) < 4.78 is 37.6. The van der Waals surface area contributed by atoms with E-state index in [0.717, 1.165) is 17.7 Å². The second kappa shape index (κ2) is 10.7. The fraction of sp³-hybridized carbons (Fsp3) is 0.450. The molecule has 11 heteroatoms. The van der Waals surface area contributed by atoms with E-state index in [1.165, 1.54) is 30.6 Å². The van der Waals surface area contributed by atoms with E-state index >= 15 is 0 Å². The Morgan fingerprint density at radius 3 is 2.35 bits per heavy atom. The van der Waals surface area contributed by atoms with Crippen LogP contribution in [0, 0.1) is 11.8 Å². The smallest absolute Gasteiger partial charge is 0.357 e. The van der Waals surface area contributed by atoms with Crippen molar-refractivity contribution in [1.29, 1.82) is 0 Å². The minimum absolute atomic E-state index is 0.208. The first-order valence-corrected chi connectivity index (χ1v) is 12.0. The van der Waals surface area contributed by atoms with Gasteiger partial charge in [0.1, 0.15) is 10.9 Å². The average Bonchev–Trinajstić information content (AvgIpc) is 3.16. The molecule has 0 saturated carbocycles. The van der Waals surface area contributed by atoms with Crippen molar-refractivity contribution in [1.82, 2.24) is 10.3 Å². The SMILES string of the molecule is CCc1csc([C@H](Cc2ccc(NS(=O)(=O)O)cc2)NC(=O)C(C(=O)OC)C(C)C)n1. The van der Waals surface area contributed by atoms with Gasteiger partial charge in [-0.2, -0.15) is 8.42 Å². The summed E-state index contributed by atoms with van der Waals surface area (Å²) >= 11 is 1.42. The van der Waals surface area contributed by atoms with Gasteiger partial charge in [-0.05, 0) is 36.5 Å². The van der Waals surface area contributed by atoms with E-state index in [-0.39, 0.29) is 11.6 Å². The quantitative estimate of drug-likeness (QED) is 0.277. The Balaban J connectivity index is 2.27. The number of benzene rings is 1. The van der Waals surface area contributed by atoms with Crippen molar-refractivity contribution in [3.05, 3.63) is 45.9 Å². The highest BCUT2D eigenvalue weighted by molar-refractivity contribution is 7.87. The van der Waals surface area contributed by atoms with Gasteiger partial charge in [0.05, 0.1) is 24.5 Å². The van der Waals surface area contributed by atoms with Gasteiger partial charge in [-0.15, -0.1) is 11.3 Å². The van der Waals surface area contributed by atoms with Gasteiger partial charge in [0.2, 0.25) is 5.91 Å². The molecule has 2 aromatic rings. The number of aromatic nitrogens is 1. The van der Waals surface area contributed by atoms with Crippen molar-refractivity contribution in [2.75, 3.05) is 11.8 Å². The van der Waals surface area contributed by atoms with Crippen LogP contribution in [0.4, 0.5) is 5.69 Å². The number of ether oxygens (including phenoxy) is 1. The number of esters is 1. The molecule has 0 aliphatic carbocycles. The molecule has 0 radical (unpaired) electrons. The van der Waals surface area contributed by atoms with Crippen LogP contribution in [0.3, 0.4) is 0 Å². The maximum atomic E-state index is 12.9. The lowest BCUT2D eigenvalue weighted by molar-refractivity contribution is -0.152. The molecule has 31 heavy (non-hydrogen) atoms. The number of rotatable bonds is 10. The van der Waals surface area contributed by atoms with E-state index in [0.29, 0.717) is 11.4 Å². The first kappa shape index (κ1) is 24.8. The van der Waals surface area contributed by atoms with E-state index in [4.69, 9.17) is 9.29 Å². The van der Waals surface area contributed by atoms with Crippen LogP contribution in [0.15, 0.2) is 29.6 Å². The van der Waals surface area contributed by atoms with Crippen molar-refractivity contribution in [2.45, 2.75) is 39.7 Å². The Labute approximate surface area is 186 Å². The van der Waals surface area contributed by atoms with E-state index in [9.17, 15) is 18.0 Å². The molecule has 2 rings (SSSR count). The zero-order chi connectivity index (χ0) is 23.2.